The predicted molar refractivity (Wildman–Crippen MR) is 113 cm³/mol. The molecule has 1 aromatic carbocycles. The molecule has 0 unspecified atom stereocenters. The van der Waals surface area contributed by atoms with Crippen molar-refractivity contribution in [1.29, 1.82) is 0 Å². The van der Waals surface area contributed by atoms with Crippen LogP contribution in [-0.4, -0.2) is 38.8 Å². The molecule has 2 N–H and O–H groups in total. The summed E-state index contributed by atoms with van der Waals surface area (Å²) >= 11 is 0. The first-order valence-corrected chi connectivity index (χ1v) is 10.2. The van der Waals surface area contributed by atoms with E-state index in [2.05, 4.69) is 25.7 Å². The molecule has 0 radical (unpaired) electrons. The minimum atomic E-state index is 0.0492. The maximum atomic E-state index is 12.6. The van der Waals surface area contributed by atoms with E-state index in [9.17, 15) is 4.79 Å². The number of anilines is 1. The second-order valence-corrected chi connectivity index (χ2v) is 7.48. The third-order valence-electron chi connectivity index (χ3n) is 5.42. The van der Waals surface area contributed by atoms with Crippen molar-refractivity contribution in [2.45, 2.75) is 38.3 Å². The first-order chi connectivity index (χ1) is 14.7. The lowest BCUT2D eigenvalue weighted by molar-refractivity contribution is -0.126. The molecular formula is C22H26N6O2. The number of aromatic nitrogens is 4. The van der Waals surface area contributed by atoms with Crippen LogP contribution in [0.15, 0.2) is 55.1 Å². The Morgan fingerprint density at radius 2 is 1.97 bits per heavy atom. The van der Waals surface area contributed by atoms with Crippen LogP contribution in [0.3, 0.4) is 0 Å². The van der Waals surface area contributed by atoms with Crippen molar-refractivity contribution in [3.8, 4) is 11.4 Å². The zero-order chi connectivity index (χ0) is 20.8. The largest absolute Gasteiger partial charge is 0.497 e. The van der Waals surface area contributed by atoms with Gasteiger partial charge < -0.3 is 15.4 Å². The molecule has 2 heterocycles. The van der Waals surface area contributed by atoms with E-state index in [0.29, 0.717) is 18.5 Å². The molecule has 2 aromatic heterocycles. The Balaban J connectivity index is 1.25. The zero-order valence-corrected chi connectivity index (χ0v) is 17.0. The smallest absolute Gasteiger partial charge is 0.223 e. The van der Waals surface area contributed by atoms with Crippen LogP contribution in [-0.2, 0) is 11.3 Å². The van der Waals surface area contributed by atoms with Gasteiger partial charge in [0, 0.05) is 48.7 Å². The van der Waals surface area contributed by atoms with Crippen molar-refractivity contribution in [3.63, 3.8) is 0 Å². The molecule has 1 saturated carbocycles. The maximum absolute atomic E-state index is 12.6. The van der Waals surface area contributed by atoms with Crippen LogP contribution in [0.25, 0.3) is 5.69 Å². The van der Waals surface area contributed by atoms with Gasteiger partial charge in [-0.25, -0.2) is 14.6 Å². The summed E-state index contributed by atoms with van der Waals surface area (Å²) in [4.78, 5) is 21.0. The number of nitrogens with zero attached hydrogens (tertiary/aromatic N) is 4. The molecule has 0 atom stereocenters. The highest BCUT2D eigenvalue weighted by Gasteiger charge is 2.26. The number of nitrogens with one attached hydrogen (secondary N) is 2. The van der Waals surface area contributed by atoms with Crippen LogP contribution < -0.4 is 15.4 Å². The van der Waals surface area contributed by atoms with Gasteiger partial charge in [-0.1, -0.05) is 6.07 Å². The number of ether oxygens (including phenoxy) is 1. The van der Waals surface area contributed by atoms with E-state index in [-0.39, 0.29) is 11.8 Å². The number of carbonyl (C=O) groups excluding carboxylic acids is 1. The standard InChI is InChI=1S/C22H26N6O2/c1-30-20-5-2-4-19(12-20)28-15-16(14-26-28)13-25-21(29)17-6-8-18(9-7-17)27-22-23-10-3-11-24-22/h2-5,10-12,14-15,17-18H,6-9,13H2,1H3,(H,25,29)(H,23,24,27). The number of carbonyl (C=O) groups is 1. The molecule has 8 nitrogen and oxygen atoms in total. The normalized spacial score (nSPS) is 18.6. The van der Waals surface area contributed by atoms with Crippen molar-refractivity contribution in [1.82, 2.24) is 25.1 Å². The van der Waals surface area contributed by atoms with Crippen LogP contribution in [0.4, 0.5) is 5.95 Å². The van der Waals surface area contributed by atoms with E-state index in [1.807, 2.05) is 30.5 Å². The molecule has 1 aliphatic carbocycles. The average Bonchev–Trinajstić information content (AvgIpc) is 3.28. The van der Waals surface area contributed by atoms with Gasteiger partial charge >= 0.3 is 0 Å². The van der Waals surface area contributed by atoms with Gasteiger partial charge in [-0.2, -0.15) is 5.10 Å². The van der Waals surface area contributed by atoms with Crippen LogP contribution in [0.1, 0.15) is 31.2 Å². The second-order valence-electron chi connectivity index (χ2n) is 7.48. The van der Waals surface area contributed by atoms with Crippen LogP contribution >= 0.6 is 0 Å². The highest BCUT2D eigenvalue weighted by molar-refractivity contribution is 5.78. The topological polar surface area (TPSA) is 94.0 Å². The van der Waals surface area contributed by atoms with Gasteiger partial charge in [-0.15, -0.1) is 0 Å². The Labute approximate surface area is 175 Å². The van der Waals surface area contributed by atoms with Gasteiger partial charge in [0.2, 0.25) is 11.9 Å². The van der Waals surface area contributed by atoms with Crippen LogP contribution in [0.5, 0.6) is 5.75 Å². The summed E-state index contributed by atoms with van der Waals surface area (Å²) < 4.78 is 7.04. The quantitative estimate of drug-likeness (QED) is 0.627. The third-order valence-corrected chi connectivity index (χ3v) is 5.42. The fourth-order valence-corrected chi connectivity index (χ4v) is 3.74. The number of methoxy groups -OCH3 is 1. The summed E-state index contributed by atoms with van der Waals surface area (Å²) in [6.07, 6.45) is 10.7. The minimum Gasteiger partial charge on any atom is -0.497 e. The summed E-state index contributed by atoms with van der Waals surface area (Å²) in [5.74, 6) is 1.59. The Hall–Kier alpha value is -3.42. The number of amides is 1. The van der Waals surface area contributed by atoms with E-state index in [1.165, 1.54) is 0 Å². The van der Waals surface area contributed by atoms with E-state index in [0.717, 1.165) is 42.7 Å². The molecule has 156 valence electrons. The molecular weight excluding hydrogens is 380 g/mol. The van der Waals surface area contributed by atoms with E-state index in [1.54, 1.807) is 36.4 Å². The highest BCUT2D eigenvalue weighted by atomic mass is 16.5. The molecule has 0 aliphatic heterocycles. The second kappa shape index (κ2) is 9.39. The third kappa shape index (κ3) is 4.94. The van der Waals surface area contributed by atoms with Crippen molar-refractivity contribution in [2.24, 2.45) is 5.92 Å². The minimum absolute atomic E-state index is 0.0492. The summed E-state index contributed by atoms with van der Waals surface area (Å²) in [7, 11) is 1.64. The van der Waals surface area contributed by atoms with Gasteiger partial charge in [0.15, 0.2) is 0 Å². The van der Waals surface area contributed by atoms with E-state index >= 15 is 0 Å². The summed E-state index contributed by atoms with van der Waals surface area (Å²) in [6.45, 7) is 0.471. The molecule has 1 amide bonds. The molecule has 8 heteroatoms. The van der Waals surface area contributed by atoms with E-state index in [4.69, 9.17) is 4.74 Å². The first kappa shape index (κ1) is 19.9. The molecule has 1 aliphatic rings. The summed E-state index contributed by atoms with van der Waals surface area (Å²) in [6, 6.07) is 9.81. The van der Waals surface area contributed by atoms with Crippen molar-refractivity contribution in [2.75, 3.05) is 12.4 Å². The first-order valence-electron chi connectivity index (χ1n) is 10.2. The number of rotatable bonds is 7. The molecule has 30 heavy (non-hydrogen) atoms. The lowest BCUT2D eigenvalue weighted by Gasteiger charge is -2.28. The highest BCUT2D eigenvalue weighted by Crippen LogP contribution is 2.26. The Kier molecular flexibility index (Phi) is 6.22. The fourth-order valence-electron chi connectivity index (χ4n) is 3.74. The molecule has 0 saturated heterocycles. The fraction of sp³-hybridized carbons (Fsp3) is 0.364. The molecule has 4 rings (SSSR count). The van der Waals surface area contributed by atoms with Crippen molar-refractivity contribution < 1.29 is 9.53 Å². The van der Waals surface area contributed by atoms with Gasteiger partial charge in [0.1, 0.15) is 5.75 Å². The lowest BCUT2D eigenvalue weighted by atomic mass is 9.85. The number of hydrogen-bond acceptors (Lipinski definition) is 6. The predicted octanol–water partition coefficient (Wildman–Crippen LogP) is 2.96. The van der Waals surface area contributed by atoms with Gasteiger partial charge in [-0.05, 0) is 43.9 Å². The Morgan fingerprint density at radius 1 is 1.17 bits per heavy atom. The lowest BCUT2D eigenvalue weighted by Crippen LogP contribution is -2.35. The maximum Gasteiger partial charge on any atom is 0.223 e. The summed E-state index contributed by atoms with van der Waals surface area (Å²) in [5.41, 5.74) is 1.88. The number of hydrogen-bond donors (Lipinski definition) is 2. The van der Waals surface area contributed by atoms with Gasteiger partial charge in [0.05, 0.1) is 19.0 Å². The SMILES string of the molecule is COc1cccc(-n2cc(CNC(=O)C3CCC(Nc4ncccn4)CC3)cn2)c1. The van der Waals surface area contributed by atoms with Crippen molar-refractivity contribution in [3.05, 3.63) is 60.7 Å². The monoisotopic (exact) mass is 406 g/mol. The van der Waals surface area contributed by atoms with Gasteiger partial charge in [0.25, 0.3) is 0 Å². The molecule has 0 bridgehead atoms. The Bertz CT molecular complexity index is 967. The zero-order valence-electron chi connectivity index (χ0n) is 17.0. The Morgan fingerprint density at radius 3 is 2.73 bits per heavy atom. The molecule has 3 aromatic rings. The average molecular weight is 406 g/mol. The molecule has 1 fully saturated rings. The molecule has 0 spiro atoms. The van der Waals surface area contributed by atoms with Gasteiger partial charge in [-0.3, -0.25) is 4.79 Å². The van der Waals surface area contributed by atoms with E-state index < -0.39 is 0 Å². The van der Waals surface area contributed by atoms with Crippen molar-refractivity contribution >= 4 is 11.9 Å². The number of benzene rings is 1. The summed E-state index contributed by atoms with van der Waals surface area (Å²) in [5, 5.41) is 10.8. The van der Waals surface area contributed by atoms with Crippen LogP contribution in [0.2, 0.25) is 0 Å². The van der Waals surface area contributed by atoms with Crippen LogP contribution in [0, 0.1) is 5.92 Å².